The lowest BCUT2D eigenvalue weighted by Crippen LogP contribution is -2.30. The Hall–Kier alpha value is -3.93. The van der Waals surface area contributed by atoms with Gasteiger partial charge in [0.2, 0.25) is 5.95 Å². The number of amides is 1. The Labute approximate surface area is 175 Å². The first-order valence-corrected chi connectivity index (χ1v) is 10.4. The van der Waals surface area contributed by atoms with Crippen LogP contribution in [-0.4, -0.2) is 30.8 Å². The van der Waals surface area contributed by atoms with E-state index in [2.05, 4.69) is 15.3 Å². The van der Waals surface area contributed by atoms with E-state index in [1.54, 1.807) is 29.0 Å². The molecule has 1 fully saturated rings. The molecule has 2 heterocycles. The van der Waals surface area contributed by atoms with Crippen molar-refractivity contribution in [3.8, 4) is 5.75 Å². The van der Waals surface area contributed by atoms with Gasteiger partial charge < -0.3 is 10.1 Å². The number of benzene rings is 2. The summed E-state index contributed by atoms with van der Waals surface area (Å²) in [6, 6.07) is 12.6. The molecule has 12 heteroatoms. The summed E-state index contributed by atoms with van der Waals surface area (Å²) in [5.74, 6) is -1.81. The van der Waals surface area contributed by atoms with Crippen molar-refractivity contribution in [1.29, 1.82) is 0 Å². The predicted molar refractivity (Wildman–Crippen MR) is 110 cm³/mol. The minimum absolute atomic E-state index is 0.0203. The highest BCUT2D eigenvalue weighted by molar-refractivity contribution is 7.92. The Morgan fingerprint density at radius 3 is 2.61 bits per heavy atom. The van der Waals surface area contributed by atoms with Crippen molar-refractivity contribution < 1.29 is 22.3 Å². The molecule has 1 amide bonds. The highest BCUT2D eigenvalue weighted by Crippen LogP contribution is 2.38. The summed E-state index contributed by atoms with van der Waals surface area (Å²) < 4.78 is 47.8. The smallest absolute Gasteiger partial charge is 0.326 e. The Morgan fingerprint density at radius 2 is 1.94 bits per heavy atom. The molecule has 31 heavy (non-hydrogen) atoms. The van der Waals surface area contributed by atoms with Gasteiger partial charge in [0.1, 0.15) is 24.6 Å². The predicted octanol–water partition coefficient (Wildman–Crippen LogP) is 1.41. The zero-order valence-corrected chi connectivity index (χ0v) is 16.6. The van der Waals surface area contributed by atoms with Gasteiger partial charge in [0.25, 0.3) is 11.5 Å². The Morgan fingerprint density at radius 1 is 1.16 bits per heavy atom. The first-order valence-electron chi connectivity index (χ1n) is 8.98. The van der Waals surface area contributed by atoms with Gasteiger partial charge in [0, 0.05) is 24.0 Å². The normalized spacial score (nSPS) is 14.9. The minimum atomic E-state index is -4.26. The molecule has 0 unspecified atom stereocenters. The van der Waals surface area contributed by atoms with Crippen molar-refractivity contribution in [2.75, 3.05) is 16.2 Å². The number of anilines is 3. The molecule has 10 nitrogen and oxygen atoms in total. The highest BCUT2D eigenvalue weighted by atomic mass is 32.2. The van der Waals surface area contributed by atoms with Gasteiger partial charge in [0.15, 0.2) is 5.82 Å². The molecular weight excluding hydrogens is 429 g/mol. The van der Waals surface area contributed by atoms with Gasteiger partial charge in [-0.05, 0) is 11.6 Å². The van der Waals surface area contributed by atoms with E-state index in [4.69, 9.17) is 4.74 Å². The number of aromatic nitrogens is 2. The van der Waals surface area contributed by atoms with Crippen LogP contribution in [0.4, 0.5) is 21.7 Å². The van der Waals surface area contributed by atoms with E-state index in [1.165, 1.54) is 18.3 Å². The SMILES string of the molecule is O=C1CN(c2c(F)cc(Nc3nccc(=O)[nH]3)cc2OCc2ccccc2)S(=O)(=O)N1. The fraction of sp³-hybridized carbons (Fsp3) is 0.105. The average molecular weight is 445 g/mol. The van der Waals surface area contributed by atoms with E-state index in [0.717, 1.165) is 11.6 Å². The molecule has 3 aromatic rings. The van der Waals surface area contributed by atoms with Crippen molar-refractivity contribution in [3.63, 3.8) is 0 Å². The second-order valence-corrected chi connectivity index (χ2v) is 8.12. The van der Waals surface area contributed by atoms with Gasteiger partial charge in [-0.3, -0.25) is 14.6 Å². The molecule has 4 rings (SSSR count). The van der Waals surface area contributed by atoms with Crippen LogP contribution < -0.4 is 24.6 Å². The first-order chi connectivity index (χ1) is 14.8. The fourth-order valence-electron chi connectivity index (χ4n) is 2.95. The van der Waals surface area contributed by atoms with Crippen molar-refractivity contribution in [1.82, 2.24) is 14.7 Å². The second-order valence-electron chi connectivity index (χ2n) is 6.52. The summed E-state index contributed by atoms with van der Waals surface area (Å²) in [7, 11) is -4.26. The highest BCUT2D eigenvalue weighted by Gasteiger charge is 2.37. The van der Waals surface area contributed by atoms with Crippen LogP contribution in [0.3, 0.4) is 0 Å². The summed E-state index contributed by atoms with van der Waals surface area (Å²) in [5, 5.41) is 2.73. The number of nitrogens with one attached hydrogen (secondary N) is 3. The quantitative estimate of drug-likeness (QED) is 0.522. The Balaban J connectivity index is 1.74. The molecule has 1 aliphatic rings. The third-order valence-corrected chi connectivity index (χ3v) is 5.65. The van der Waals surface area contributed by atoms with E-state index in [0.29, 0.717) is 4.31 Å². The van der Waals surface area contributed by atoms with Gasteiger partial charge >= 0.3 is 10.2 Å². The zero-order valence-electron chi connectivity index (χ0n) is 15.8. The minimum Gasteiger partial charge on any atom is -0.487 e. The standard InChI is InChI=1S/C19H16FN5O5S/c20-14-8-13(22-19-21-7-6-16(26)23-19)9-15(30-11-12-4-2-1-3-5-12)18(14)25-10-17(27)24-31(25,28)29/h1-9H,10-11H2,(H,24,27)(H2,21,22,23,26). The second kappa shape index (κ2) is 8.07. The molecular formula is C19H16FN5O5S. The van der Waals surface area contributed by atoms with Gasteiger partial charge in [-0.1, -0.05) is 30.3 Å². The number of H-pyrrole nitrogens is 1. The van der Waals surface area contributed by atoms with Crippen molar-refractivity contribution >= 4 is 33.4 Å². The van der Waals surface area contributed by atoms with Crippen molar-refractivity contribution in [2.24, 2.45) is 0 Å². The summed E-state index contributed by atoms with van der Waals surface area (Å²) >= 11 is 0. The molecule has 1 aromatic heterocycles. The van der Waals surface area contributed by atoms with Crippen LogP contribution >= 0.6 is 0 Å². The van der Waals surface area contributed by atoms with E-state index >= 15 is 4.39 Å². The lowest BCUT2D eigenvalue weighted by Gasteiger charge is -2.21. The Kier molecular flexibility index (Phi) is 5.29. The van der Waals surface area contributed by atoms with Gasteiger partial charge in [0.05, 0.1) is 0 Å². The van der Waals surface area contributed by atoms with E-state index < -0.39 is 39.7 Å². The molecule has 0 bridgehead atoms. The molecule has 0 saturated carbocycles. The third kappa shape index (κ3) is 4.48. The number of hydrogen-bond acceptors (Lipinski definition) is 7. The van der Waals surface area contributed by atoms with Gasteiger partial charge in [-0.2, -0.15) is 8.42 Å². The first kappa shape index (κ1) is 20.3. The number of rotatable bonds is 6. The molecule has 0 aliphatic carbocycles. The molecule has 160 valence electrons. The molecule has 0 radical (unpaired) electrons. The molecule has 1 aliphatic heterocycles. The number of carbonyl (C=O) groups excluding carboxylic acids is 1. The van der Waals surface area contributed by atoms with E-state index in [-0.39, 0.29) is 24.0 Å². The van der Waals surface area contributed by atoms with E-state index in [9.17, 15) is 18.0 Å². The topological polar surface area (TPSA) is 133 Å². The number of nitrogens with zero attached hydrogens (tertiary/aromatic N) is 2. The maximum Gasteiger partial charge on any atom is 0.326 e. The number of ether oxygens (including phenoxy) is 1. The largest absolute Gasteiger partial charge is 0.487 e. The number of aromatic amines is 1. The summed E-state index contributed by atoms with van der Waals surface area (Å²) in [5.41, 5.74) is 0.0894. The summed E-state index contributed by atoms with van der Waals surface area (Å²) in [4.78, 5) is 29.5. The molecule has 1 saturated heterocycles. The summed E-state index contributed by atoms with van der Waals surface area (Å²) in [6.45, 7) is -0.562. The van der Waals surface area contributed by atoms with Crippen LogP contribution in [0.25, 0.3) is 0 Å². The number of halogens is 1. The third-order valence-electron chi connectivity index (χ3n) is 4.27. The van der Waals surface area contributed by atoms with Crippen LogP contribution in [0.1, 0.15) is 5.56 Å². The lowest BCUT2D eigenvalue weighted by atomic mass is 10.2. The molecule has 3 N–H and O–H groups in total. The molecule has 2 aromatic carbocycles. The van der Waals surface area contributed by atoms with Crippen LogP contribution in [0, 0.1) is 5.82 Å². The fourth-order valence-corrected chi connectivity index (χ4v) is 4.12. The Bertz CT molecular complexity index is 1300. The summed E-state index contributed by atoms with van der Waals surface area (Å²) in [6.07, 6.45) is 1.27. The van der Waals surface area contributed by atoms with Gasteiger partial charge in [-0.25, -0.2) is 18.4 Å². The maximum atomic E-state index is 15.1. The number of hydrogen-bond donors (Lipinski definition) is 3. The van der Waals surface area contributed by atoms with Crippen LogP contribution in [0.2, 0.25) is 0 Å². The average Bonchev–Trinajstić information content (AvgIpc) is 2.98. The monoisotopic (exact) mass is 445 g/mol. The molecule has 0 atom stereocenters. The van der Waals surface area contributed by atoms with Crippen LogP contribution in [0.15, 0.2) is 59.5 Å². The van der Waals surface area contributed by atoms with Gasteiger partial charge in [-0.15, -0.1) is 0 Å². The van der Waals surface area contributed by atoms with Crippen LogP contribution in [-0.2, 0) is 21.6 Å². The zero-order chi connectivity index (χ0) is 22.0. The maximum absolute atomic E-state index is 15.1. The van der Waals surface area contributed by atoms with Crippen LogP contribution in [0.5, 0.6) is 5.75 Å². The molecule has 0 spiro atoms. The number of carbonyl (C=O) groups is 1. The lowest BCUT2D eigenvalue weighted by molar-refractivity contribution is -0.117. The van der Waals surface area contributed by atoms with Crippen molar-refractivity contribution in [2.45, 2.75) is 6.61 Å². The van der Waals surface area contributed by atoms with E-state index in [1.807, 2.05) is 6.07 Å². The van der Waals surface area contributed by atoms with Crippen molar-refractivity contribution in [3.05, 3.63) is 76.5 Å².